The molecule has 32 heavy (non-hydrogen) atoms. The number of likely N-dealkylation sites (tertiary alicyclic amines) is 1. The molecule has 0 bridgehead atoms. The largest absolute Gasteiger partial charge is 0.478 e. The second-order valence-electron chi connectivity index (χ2n) is 7.75. The van der Waals surface area contributed by atoms with Crippen molar-refractivity contribution in [1.82, 2.24) is 19.9 Å². The maximum Gasteiger partial charge on any atom is 0.328 e. The number of carboxylic acids is 2. The molecule has 0 radical (unpaired) electrons. The minimum Gasteiger partial charge on any atom is -0.478 e. The van der Waals surface area contributed by atoms with Gasteiger partial charge in [-0.15, -0.1) is 5.10 Å². The van der Waals surface area contributed by atoms with Crippen molar-refractivity contribution in [2.45, 2.75) is 24.5 Å². The minimum absolute atomic E-state index is 0.236. The molecule has 9 nitrogen and oxygen atoms in total. The Morgan fingerprint density at radius 3 is 2.12 bits per heavy atom. The van der Waals surface area contributed by atoms with E-state index in [0.717, 1.165) is 42.5 Å². The lowest BCUT2D eigenvalue weighted by Gasteiger charge is -2.42. The number of aliphatic carboxylic acids is 2. The SMILES string of the molecule is CN1CCC(O)(C(c2ccccc2)n2nnc3ccccc32)CC1.O=C(O)/C=C\C(=O)O. The molecule has 1 fully saturated rings. The molecule has 0 aliphatic carbocycles. The van der Waals surface area contributed by atoms with E-state index in [4.69, 9.17) is 10.2 Å². The fourth-order valence-corrected chi connectivity index (χ4v) is 3.81. The van der Waals surface area contributed by atoms with Gasteiger partial charge < -0.3 is 20.2 Å². The molecule has 0 amide bonds. The molecule has 2 aromatic carbocycles. The molecule has 9 heteroatoms. The molecule has 1 atom stereocenters. The molecule has 0 saturated carbocycles. The molecule has 1 aliphatic heterocycles. The number of nitrogens with zero attached hydrogens (tertiary/aromatic N) is 4. The summed E-state index contributed by atoms with van der Waals surface area (Å²) in [5, 5.41) is 35.8. The number of aliphatic hydroxyl groups is 1. The van der Waals surface area contributed by atoms with E-state index in [0.29, 0.717) is 12.2 Å². The van der Waals surface area contributed by atoms with Gasteiger partial charge in [0.1, 0.15) is 11.6 Å². The van der Waals surface area contributed by atoms with Gasteiger partial charge in [-0.3, -0.25) is 0 Å². The fraction of sp³-hybridized carbons (Fsp3) is 0.304. The summed E-state index contributed by atoms with van der Waals surface area (Å²) in [7, 11) is 2.10. The van der Waals surface area contributed by atoms with E-state index in [1.807, 2.05) is 47.1 Å². The number of para-hydroxylation sites is 1. The van der Waals surface area contributed by atoms with Crippen LogP contribution in [-0.4, -0.2) is 72.9 Å². The van der Waals surface area contributed by atoms with Gasteiger partial charge in [0, 0.05) is 25.2 Å². The third kappa shape index (κ3) is 5.57. The van der Waals surface area contributed by atoms with E-state index in [9.17, 15) is 14.7 Å². The fourth-order valence-electron chi connectivity index (χ4n) is 3.81. The highest BCUT2D eigenvalue weighted by molar-refractivity contribution is 5.89. The second-order valence-corrected chi connectivity index (χ2v) is 7.75. The Morgan fingerprint density at radius 1 is 0.969 bits per heavy atom. The standard InChI is InChI=1S/C19H22N4O.C4H4O4/c1-22-13-11-19(24,12-14-22)18(15-7-3-2-4-8-15)23-17-10-6-5-9-16(17)20-21-23;5-3(6)1-2-4(7)8/h2-10,18,24H,11-14H2,1H3;1-2H,(H,5,6)(H,7,8)/b;2-1-. The second kappa shape index (κ2) is 10.2. The van der Waals surface area contributed by atoms with Crippen LogP contribution in [0.3, 0.4) is 0 Å². The summed E-state index contributed by atoms with van der Waals surface area (Å²) in [6.07, 6.45) is 2.55. The van der Waals surface area contributed by atoms with Crippen molar-refractivity contribution in [2.24, 2.45) is 0 Å². The Balaban J connectivity index is 0.000000312. The van der Waals surface area contributed by atoms with Gasteiger partial charge in [0.25, 0.3) is 0 Å². The summed E-state index contributed by atoms with van der Waals surface area (Å²) in [6.45, 7) is 1.76. The van der Waals surface area contributed by atoms with Crippen molar-refractivity contribution in [3.8, 4) is 0 Å². The zero-order chi connectivity index (χ0) is 23.1. The molecule has 1 aliphatic rings. The van der Waals surface area contributed by atoms with E-state index in [1.165, 1.54) is 0 Å². The summed E-state index contributed by atoms with van der Waals surface area (Å²) in [6, 6.07) is 17.8. The molecule has 1 aromatic heterocycles. The highest BCUT2D eigenvalue weighted by atomic mass is 16.4. The molecule has 168 valence electrons. The quantitative estimate of drug-likeness (QED) is 0.517. The summed E-state index contributed by atoms with van der Waals surface area (Å²) < 4.78 is 1.90. The average molecular weight is 438 g/mol. The summed E-state index contributed by atoms with van der Waals surface area (Å²) in [5.74, 6) is -2.51. The van der Waals surface area contributed by atoms with Gasteiger partial charge in [0.2, 0.25) is 0 Å². The Kier molecular flexibility index (Phi) is 7.34. The van der Waals surface area contributed by atoms with E-state index in [-0.39, 0.29) is 6.04 Å². The van der Waals surface area contributed by atoms with Crippen molar-refractivity contribution in [2.75, 3.05) is 20.1 Å². The lowest BCUT2D eigenvalue weighted by molar-refractivity contribution is -0.134. The van der Waals surface area contributed by atoms with Crippen LogP contribution in [0.4, 0.5) is 0 Å². The van der Waals surface area contributed by atoms with Gasteiger partial charge in [0.05, 0.1) is 11.1 Å². The van der Waals surface area contributed by atoms with Crippen LogP contribution in [0.25, 0.3) is 11.0 Å². The molecule has 0 spiro atoms. The van der Waals surface area contributed by atoms with Gasteiger partial charge in [-0.2, -0.15) is 0 Å². The van der Waals surface area contributed by atoms with Crippen LogP contribution in [0.15, 0.2) is 66.7 Å². The van der Waals surface area contributed by atoms with Crippen molar-refractivity contribution in [1.29, 1.82) is 0 Å². The van der Waals surface area contributed by atoms with Gasteiger partial charge in [0.15, 0.2) is 0 Å². The van der Waals surface area contributed by atoms with Crippen molar-refractivity contribution >= 4 is 23.0 Å². The average Bonchev–Trinajstić information content (AvgIpc) is 3.20. The number of piperidine rings is 1. The monoisotopic (exact) mass is 438 g/mol. The first kappa shape index (κ1) is 23.1. The first-order chi connectivity index (χ1) is 15.3. The predicted molar refractivity (Wildman–Crippen MR) is 118 cm³/mol. The molecular formula is C23H26N4O5. The number of rotatable bonds is 5. The maximum atomic E-state index is 11.5. The normalized spacial score (nSPS) is 16.9. The van der Waals surface area contributed by atoms with E-state index in [1.54, 1.807) is 0 Å². The van der Waals surface area contributed by atoms with Crippen LogP contribution in [0.5, 0.6) is 0 Å². The van der Waals surface area contributed by atoms with Crippen LogP contribution in [0.2, 0.25) is 0 Å². The first-order valence-electron chi connectivity index (χ1n) is 10.2. The van der Waals surface area contributed by atoms with Gasteiger partial charge >= 0.3 is 11.9 Å². The van der Waals surface area contributed by atoms with Gasteiger partial charge in [-0.25, -0.2) is 14.3 Å². The number of aromatic nitrogens is 3. The third-order valence-electron chi connectivity index (χ3n) is 5.47. The number of hydrogen-bond acceptors (Lipinski definition) is 6. The van der Waals surface area contributed by atoms with Crippen LogP contribution < -0.4 is 0 Å². The number of fused-ring (bicyclic) bond motifs is 1. The first-order valence-corrected chi connectivity index (χ1v) is 10.2. The van der Waals surface area contributed by atoms with Crippen LogP contribution in [0.1, 0.15) is 24.4 Å². The zero-order valence-electron chi connectivity index (χ0n) is 17.7. The zero-order valence-corrected chi connectivity index (χ0v) is 17.7. The molecule has 3 N–H and O–H groups in total. The smallest absolute Gasteiger partial charge is 0.328 e. The highest BCUT2D eigenvalue weighted by Gasteiger charge is 2.42. The Labute approximate surface area is 185 Å². The van der Waals surface area contributed by atoms with E-state index < -0.39 is 17.5 Å². The third-order valence-corrected chi connectivity index (χ3v) is 5.47. The topological polar surface area (TPSA) is 129 Å². The van der Waals surface area contributed by atoms with Gasteiger partial charge in [-0.05, 0) is 37.6 Å². The van der Waals surface area contributed by atoms with Crippen molar-refractivity contribution in [3.05, 3.63) is 72.3 Å². The number of carbonyl (C=O) groups is 2. The number of benzene rings is 2. The molecule has 2 heterocycles. The summed E-state index contributed by atoms with van der Waals surface area (Å²) in [5.41, 5.74) is 2.05. The van der Waals surface area contributed by atoms with Crippen molar-refractivity contribution < 1.29 is 24.9 Å². The van der Waals surface area contributed by atoms with Crippen LogP contribution >= 0.6 is 0 Å². The van der Waals surface area contributed by atoms with E-state index in [2.05, 4.69) is 34.4 Å². The molecular weight excluding hydrogens is 412 g/mol. The van der Waals surface area contributed by atoms with Gasteiger partial charge in [-0.1, -0.05) is 47.7 Å². The van der Waals surface area contributed by atoms with Crippen LogP contribution in [-0.2, 0) is 9.59 Å². The Morgan fingerprint density at radius 2 is 1.53 bits per heavy atom. The minimum atomic E-state index is -1.26. The lowest BCUT2D eigenvalue weighted by atomic mass is 9.81. The molecule has 4 rings (SSSR count). The maximum absolute atomic E-state index is 11.5. The Bertz CT molecular complexity index is 1070. The van der Waals surface area contributed by atoms with Crippen LogP contribution in [0, 0.1) is 0 Å². The predicted octanol–water partition coefficient (Wildman–Crippen LogP) is 2.19. The summed E-state index contributed by atoms with van der Waals surface area (Å²) >= 11 is 0. The molecule has 3 aromatic rings. The molecule has 1 saturated heterocycles. The molecule has 1 unspecified atom stereocenters. The van der Waals surface area contributed by atoms with Crippen molar-refractivity contribution in [3.63, 3.8) is 0 Å². The highest BCUT2D eigenvalue weighted by Crippen LogP contribution is 2.38. The summed E-state index contributed by atoms with van der Waals surface area (Å²) in [4.78, 5) is 21.4. The number of carboxylic acid groups (broad SMARTS) is 2. The lowest BCUT2D eigenvalue weighted by Crippen LogP contribution is -2.49. The van der Waals surface area contributed by atoms with E-state index >= 15 is 0 Å². The Hall–Kier alpha value is -3.56. The number of hydrogen-bond donors (Lipinski definition) is 3.